The molecule has 6 heteroatoms. The van der Waals surface area contributed by atoms with Crippen LogP contribution < -0.4 is 5.32 Å². The van der Waals surface area contributed by atoms with Gasteiger partial charge in [-0.3, -0.25) is 15.1 Å². The lowest BCUT2D eigenvalue weighted by atomic mass is 10.1. The molecule has 0 amide bonds. The van der Waals surface area contributed by atoms with E-state index < -0.39 is 4.92 Å². The van der Waals surface area contributed by atoms with Gasteiger partial charge in [0.25, 0.3) is 5.69 Å². The average molecular weight is 273 g/mol. The molecule has 0 atom stereocenters. The van der Waals surface area contributed by atoms with E-state index >= 15 is 0 Å². The number of non-ortho nitro benzene ring substituents is 1. The van der Waals surface area contributed by atoms with Crippen molar-refractivity contribution in [2.24, 2.45) is 0 Å². The maximum Gasteiger partial charge on any atom is 0.269 e. The Morgan fingerprint density at radius 2 is 1.95 bits per heavy atom. The van der Waals surface area contributed by atoms with E-state index in [4.69, 9.17) is 5.11 Å². The second-order valence-electron chi connectivity index (χ2n) is 4.36. The molecule has 6 nitrogen and oxygen atoms in total. The van der Waals surface area contributed by atoms with Gasteiger partial charge >= 0.3 is 0 Å². The van der Waals surface area contributed by atoms with Crippen LogP contribution in [0.3, 0.4) is 0 Å². The molecule has 0 spiro atoms. The molecule has 0 radical (unpaired) electrons. The summed E-state index contributed by atoms with van der Waals surface area (Å²) in [6, 6.07) is 9.90. The van der Waals surface area contributed by atoms with Gasteiger partial charge in [-0.25, -0.2) is 0 Å². The Balaban J connectivity index is 1.75. The largest absolute Gasteiger partial charge is 0.506 e. The van der Waals surface area contributed by atoms with Crippen LogP contribution in [0.1, 0.15) is 11.3 Å². The number of benzene rings is 1. The standard InChI is InChI=1S/C14H15N3O3/c18-14-6-3-12(16-10-14)9-15-8-7-11-1-4-13(5-2-11)17(19)20/h1-6,10,15,18H,7-9H2. The van der Waals surface area contributed by atoms with Crippen molar-refractivity contribution in [2.45, 2.75) is 13.0 Å². The van der Waals surface area contributed by atoms with Crippen LogP contribution in [0.2, 0.25) is 0 Å². The summed E-state index contributed by atoms with van der Waals surface area (Å²) in [5.74, 6) is 0.152. The molecule has 0 aliphatic rings. The Labute approximate surface area is 116 Å². The molecular formula is C14H15N3O3. The van der Waals surface area contributed by atoms with E-state index in [0.717, 1.165) is 24.2 Å². The predicted molar refractivity (Wildman–Crippen MR) is 74.4 cm³/mol. The molecule has 1 aromatic heterocycles. The third kappa shape index (κ3) is 4.03. The molecule has 2 aromatic rings. The molecule has 0 saturated heterocycles. The number of rotatable bonds is 6. The van der Waals surface area contributed by atoms with Gasteiger partial charge in [0.15, 0.2) is 0 Å². The first-order chi connectivity index (χ1) is 9.65. The lowest BCUT2D eigenvalue weighted by Crippen LogP contribution is -2.17. The van der Waals surface area contributed by atoms with Crippen molar-refractivity contribution >= 4 is 5.69 Å². The van der Waals surface area contributed by atoms with Crippen molar-refractivity contribution in [1.82, 2.24) is 10.3 Å². The highest BCUT2D eigenvalue weighted by atomic mass is 16.6. The molecule has 0 fully saturated rings. The van der Waals surface area contributed by atoms with Gasteiger partial charge in [0, 0.05) is 18.7 Å². The number of hydrogen-bond donors (Lipinski definition) is 2. The monoisotopic (exact) mass is 273 g/mol. The Morgan fingerprint density at radius 3 is 2.55 bits per heavy atom. The van der Waals surface area contributed by atoms with Crippen molar-refractivity contribution in [1.29, 1.82) is 0 Å². The Bertz CT molecular complexity index is 567. The van der Waals surface area contributed by atoms with E-state index in [1.165, 1.54) is 18.3 Å². The van der Waals surface area contributed by atoms with Gasteiger partial charge in [-0.1, -0.05) is 12.1 Å². The first-order valence-electron chi connectivity index (χ1n) is 6.23. The van der Waals surface area contributed by atoms with Gasteiger partial charge < -0.3 is 10.4 Å². The van der Waals surface area contributed by atoms with Gasteiger partial charge in [0.2, 0.25) is 0 Å². The number of pyridine rings is 1. The lowest BCUT2D eigenvalue weighted by Gasteiger charge is -2.04. The normalized spacial score (nSPS) is 10.4. The van der Waals surface area contributed by atoms with Crippen LogP contribution in [0.15, 0.2) is 42.6 Å². The quantitative estimate of drug-likeness (QED) is 0.477. The molecule has 2 N–H and O–H groups in total. The van der Waals surface area contributed by atoms with Gasteiger partial charge in [-0.05, 0) is 30.7 Å². The Morgan fingerprint density at radius 1 is 1.20 bits per heavy atom. The number of nitro groups is 1. The molecule has 0 unspecified atom stereocenters. The summed E-state index contributed by atoms with van der Waals surface area (Å²) in [6.45, 7) is 1.37. The van der Waals surface area contributed by atoms with Crippen molar-refractivity contribution in [3.8, 4) is 5.75 Å². The fraction of sp³-hybridized carbons (Fsp3) is 0.214. The van der Waals surface area contributed by atoms with E-state index in [9.17, 15) is 10.1 Å². The third-order valence-electron chi connectivity index (χ3n) is 2.85. The molecule has 0 aliphatic carbocycles. The summed E-state index contributed by atoms with van der Waals surface area (Å²) in [5, 5.41) is 22.9. The van der Waals surface area contributed by atoms with Gasteiger partial charge in [0.05, 0.1) is 16.8 Å². The van der Waals surface area contributed by atoms with Crippen LogP contribution in [0.5, 0.6) is 5.75 Å². The highest BCUT2D eigenvalue weighted by Gasteiger charge is 2.03. The molecule has 0 saturated carbocycles. The van der Waals surface area contributed by atoms with Crippen molar-refractivity contribution < 1.29 is 10.0 Å². The summed E-state index contributed by atoms with van der Waals surface area (Å²) in [7, 11) is 0. The van der Waals surface area contributed by atoms with Crippen LogP contribution in [0, 0.1) is 10.1 Å². The second-order valence-corrected chi connectivity index (χ2v) is 4.36. The summed E-state index contributed by atoms with van der Waals surface area (Å²) in [5.41, 5.74) is 2.00. The number of aromatic hydroxyl groups is 1. The first kappa shape index (κ1) is 14.0. The zero-order valence-corrected chi connectivity index (χ0v) is 10.8. The molecule has 2 rings (SSSR count). The minimum absolute atomic E-state index is 0.106. The predicted octanol–water partition coefficient (Wildman–Crippen LogP) is 2.03. The number of aromatic nitrogens is 1. The fourth-order valence-electron chi connectivity index (χ4n) is 1.75. The van der Waals surface area contributed by atoms with Gasteiger partial charge in [0.1, 0.15) is 5.75 Å². The summed E-state index contributed by atoms with van der Waals surface area (Å²) in [4.78, 5) is 14.2. The topological polar surface area (TPSA) is 88.3 Å². The van der Waals surface area contributed by atoms with Crippen LogP contribution in [-0.4, -0.2) is 21.6 Å². The van der Waals surface area contributed by atoms with Crippen molar-refractivity contribution in [3.63, 3.8) is 0 Å². The highest BCUT2D eigenvalue weighted by Crippen LogP contribution is 2.12. The van der Waals surface area contributed by atoms with E-state index in [1.54, 1.807) is 24.3 Å². The molecule has 0 bridgehead atoms. The first-order valence-corrected chi connectivity index (χ1v) is 6.23. The lowest BCUT2D eigenvalue weighted by molar-refractivity contribution is -0.384. The SMILES string of the molecule is O=[N+]([O-])c1ccc(CCNCc2ccc(O)cn2)cc1. The summed E-state index contributed by atoms with van der Waals surface area (Å²) < 4.78 is 0. The molecule has 104 valence electrons. The van der Waals surface area contributed by atoms with Crippen LogP contribution in [0.4, 0.5) is 5.69 Å². The highest BCUT2D eigenvalue weighted by molar-refractivity contribution is 5.32. The Hall–Kier alpha value is -2.47. The smallest absolute Gasteiger partial charge is 0.269 e. The minimum Gasteiger partial charge on any atom is -0.506 e. The average Bonchev–Trinajstić information content (AvgIpc) is 2.46. The van der Waals surface area contributed by atoms with E-state index in [0.29, 0.717) is 6.54 Å². The van der Waals surface area contributed by atoms with Crippen LogP contribution in [-0.2, 0) is 13.0 Å². The van der Waals surface area contributed by atoms with Crippen molar-refractivity contribution in [3.05, 3.63) is 64.0 Å². The maximum atomic E-state index is 10.5. The maximum absolute atomic E-state index is 10.5. The molecule has 1 heterocycles. The zero-order chi connectivity index (χ0) is 14.4. The van der Waals surface area contributed by atoms with E-state index in [2.05, 4.69) is 10.3 Å². The summed E-state index contributed by atoms with van der Waals surface area (Å²) >= 11 is 0. The molecule has 20 heavy (non-hydrogen) atoms. The number of nitrogens with one attached hydrogen (secondary N) is 1. The molecule has 1 aromatic carbocycles. The molecule has 0 aliphatic heterocycles. The van der Waals surface area contributed by atoms with Crippen molar-refractivity contribution in [2.75, 3.05) is 6.54 Å². The fourth-order valence-corrected chi connectivity index (χ4v) is 1.75. The van der Waals surface area contributed by atoms with Crippen LogP contribution >= 0.6 is 0 Å². The number of nitro benzene ring substituents is 1. The third-order valence-corrected chi connectivity index (χ3v) is 2.85. The zero-order valence-electron chi connectivity index (χ0n) is 10.8. The number of nitrogens with zero attached hydrogens (tertiary/aromatic N) is 2. The van der Waals surface area contributed by atoms with E-state index in [-0.39, 0.29) is 11.4 Å². The summed E-state index contributed by atoms with van der Waals surface area (Å²) in [6.07, 6.45) is 2.20. The second kappa shape index (κ2) is 6.63. The van der Waals surface area contributed by atoms with Crippen LogP contribution in [0.25, 0.3) is 0 Å². The molecular weight excluding hydrogens is 258 g/mol. The van der Waals surface area contributed by atoms with Gasteiger partial charge in [-0.15, -0.1) is 0 Å². The van der Waals surface area contributed by atoms with Gasteiger partial charge in [-0.2, -0.15) is 0 Å². The Kier molecular flexibility index (Phi) is 4.62. The van der Waals surface area contributed by atoms with E-state index in [1.807, 2.05) is 0 Å². The minimum atomic E-state index is -0.404. The number of hydrogen-bond acceptors (Lipinski definition) is 5.